The summed E-state index contributed by atoms with van der Waals surface area (Å²) in [5, 5.41) is 3.37. The first-order chi connectivity index (χ1) is 13.4. The fourth-order valence-corrected chi connectivity index (χ4v) is 3.72. The van der Waals surface area contributed by atoms with Crippen LogP contribution in [0.1, 0.15) is 23.2 Å². The van der Waals surface area contributed by atoms with Crippen LogP contribution in [-0.2, 0) is 11.9 Å². The van der Waals surface area contributed by atoms with Crippen LogP contribution < -0.4 is 10.8 Å². The normalized spacial score (nSPS) is 13.7. The lowest BCUT2D eigenvalue weighted by molar-refractivity contribution is 0.0271. The van der Waals surface area contributed by atoms with Crippen LogP contribution in [0, 0.1) is 15.3 Å². The molecule has 146 valence electrons. The topological polar surface area (TPSA) is 68.2 Å². The van der Waals surface area contributed by atoms with Crippen molar-refractivity contribution >= 4 is 62.5 Å². The maximum Gasteiger partial charge on any atom is 0.277 e. The summed E-state index contributed by atoms with van der Waals surface area (Å²) in [6, 6.07) is 6.91. The molecule has 1 aliphatic carbocycles. The van der Waals surface area contributed by atoms with E-state index in [4.69, 9.17) is 16.4 Å². The van der Waals surface area contributed by atoms with E-state index < -0.39 is 11.7 Å². The van der Waals surface area contributed by atoms with Gasteiger partial charge < -0.3 is 9.88 Å². The highest BCUT2D eigenvalue weighted by Crippen LogP contribution is 2.34. The van der Waals surface area contributed by atoms with Crippen molar-refractivity contribution in [1.29, 1.82) is 0 Å². The Kier molecular flexibility index (Phi) is 5.44. The lowest BCUT2D eigenvalue weighted by atomic mass is 10.1. The average molecular weight is 515 g/mol. The number of nitrogens with one attached hydrogen (secondary N) is 2. The van der Waals surface area contributed by atoms with Crippen molar-refractivity contribution in [1.82, 2.24) is 15.0 Å². The number of fused-ring (bicyclic) bond motifs is 1. The Labute approximate surface area is 179 Å². The molecule has 1 fully saturated rings. The first-order valence-corrected chi connectivity index (χ1v) is 10.2. The number of hydroxylamine groups is 1. The second kappa shape index (κ2) is 7.84. The highest BCUT2D eigenvalue weighted by molar-refractivity contribution is 14.1. The molecule has 0 unspecified atom stereocenters. The van der Waals surface area contributed by atoms with Gasteiger partial charge in [-0.1, -0.05) is 11.6 Å². The first-order valence-electron chi connectivity index (χ1n) is 8.71. The predicted molar refractivity (Wildman–Crippen MR) is 114 cm³/mol. The van der Waals surface area contributed by atoms with Gasteiger partial charge in [-0.05, 0) is 65.6 Å². The smallest absolute Gasteiger partial charge is 0.277 e. The summed E-state index contributed by atoms with van der Waals surface area (Å²) in [4.78, 5) is 22.1. The van der Waals surface area contributed by atoms with Crippen molar-refractivity contribution < 1.29 is 14.0 Å². The van der Waals surface area contributed by atoms with Crippen molar-refractivity contribution in [3.8, 4) is 0 Å². The van der Waals surface area contributed by atoms with Crippen molar-refractivity contribution in [2.45, 2.75) is 12.8 Å². The summed E-state index contributed by atoms with van der Waals surface area (Å²) in [6.07, 6.45) is 3.70. The molecule has 1 saturated carbocycles. The maximum atomic E-state index is 15.3. The van der Waals surface area contributed by atoms with Gasteiger partial charge in [-0.2, -0.15) is 0 Å². The van der Waals surface area contributed by atoms with Crippen molar-refractivity contribution in [3.05, 3.63) is 50.6 Å². The Morgan fingerprint density at radius 1 is 1.43 bits per heavy atom. The van der Waals surface area contributed by atoms with Gasteiger partial charge in [0.15, 0.2) is 5.82 Å². The van der Waals surface area contributed by atoms with Crippen LogP contribution in [0.2, 0.25) is 5.02 Å². The molecule has 0 spiro atoms. The van der Waals surface area contributed by atoms with Crippen LogP contribution in [0.15, 0.2) is 30.6 Å². The van der Waals surface area contributed by atoms with Crippen molar-refractivity contribution in [3.63, 3.8) is 0 Å². The lowest BCUT2D eigenvalue weighted by Gasteiger charge is -2.15. The third kappa shape index (κ3) is 3.94. The molecular weight excluding hydrogens is 498 g/mol. The van der Waals surface area contributed by atoms with Gasteiger partial charge in [-0.25, -0.2) is 14.9 Å². The molecule has 0 bridgehead atoms. The van der Waals surface area contributed by atoms with Crippen LogP contribution in [0.25, 0.3) is 11.0 Å². The van der Waals surface area contributed by atoms with Crippen molar-refractivity contribution in [2.24, 2.45) is 13.0 Å². The number of hydrogen-bond donors (Lipinski definition) is 2. The zero-order valence-electron chi connectivity index (χ0n) is 14.9. The van der Waals surface area contributed by atoms with E-state index in [2.05, 4.69) is 38.4 Å². The van der Waals surface area contributed by atoms with Crippen LogP contribution >= 0.6 is 34.2 Å². The molecule has 0 saturated heterocycles. The van der Waals surface area contributed by atoms with Gasteiger partial charge in [0, 0.05) is 10.6 Å². The molecule has 1 aliphatic rings. The molecule has 1 amide bonds. The summed E-state index contributed by atoms with van der Waals surface area (Å²) in [5.74, 6) is -0.674. The Morgan fingerprint density at radius 2 is 2.21 bits per heavy atom. The molecule has 1 heterocycles. The molecule has 9 heteroatoms. The highest BCUT2D eigenvalue weighted by atomic mass is 127. The molecule has 0 atom stereocenters. The minimum atomic E-state index is -0.625. The number of carbonyl (C=O) groups is 1. The van der Waals surface area contributed by atoms with Gasteiger partial charge in [0.1, 0.15) is 5.52 Å². The van der Waals surface area contributed by atoms with Gasteiger partial charge in [-0.3, -0.25) is 9.63 Å². The van der Waals surface area contributed by atoms with Crippen molar-refractivity contribution in [2.75, 3.05) is 11.9 Å². The van der Waals surface area contributed by atoms with E-state index in [1.54, 1.807) is 29.8 Å². The second-order valence-corrected chi connectivity index (χ2v) is 8.42. The number of anilines is 2. The van der Waals surface area contributed by atoms with Gasteiger partial charge in [-0.15, -0.1) is 0 Å². The van der Waals surface area contributed by atoms with E-state index in [0.29, 0.717) is 28.8 Å². The van der Waals surface area contributed by atoms with Crippen LogP contribution in [0.3, 0.4) is 0 Å². The molecular formula is C19H17ClFIN4O2. The van der Waals surface area contributed by atoms with E-state index >= 15 is 4.39 Å². The second-order valence-electron chi connectivity index (χ2n) is 6.77. The average Bonchev–Trinajstić information content (AvgIpc) is 3.40. The number of hydrogen-bond acceptors (Lipinski definition) is 4. The maximum absolute atomic E-state index is 15.3. The largest absolute Gasteiger partial charge is 0.351 e. The van der Waals surface area contributed by atoms with Crippen LogP contribution in [0.4, 0.5) is 15.8 Å². The number of imidazole rings is 1. The molecule has 4 rings (SSSR count). The van der Waals surface area contributed by atoms with E-state index in [1.807, 2.05) is 6.07 Å². The van der Waals surface area contributed by atoms with Gasteiger partial charge in [0.05, 0.1) is 40.4 Å². The number of carbonyl (C=O) groups excluding carboxylic acids is 1. The Morgan fingerprint density at radius 3 is 2.93 bits per heavy atom. The number of halogens is 3. The molecule has 6 nitrogen and oxygen atoms in total. The Hall–Kier alpha value is -1.91. The molecule has 0 aliphatic heterocycles. The van der Waals surface area contributed by atoms with Gasteiger partial charge >= 0.3 is 0 Å². The van der Waals surface area contributed by atoms with E-state index in [0.717, 1.165) is 16.4 Å². The molecule has 2 aromatic carbocycles. The monoisotopic (exact) mass is 514 g/mol. The van der Waals surface area contributed by atoms with Crippen LogP contribution in [-0.4, -0.2) is 22.1 Å². The third-order valence-electron chi connectivity index (χ3n) is 4.58. The minimum Gasteiger partial charge on any atom is -0.351 e. The van der Waals surface area contributed by atoms with E-state index in [1.165, 1.54) is 6.33 Å². The van der Waals surface area contributed by atoms with Gasteiger partial charge in [0.25, 0.3) is 5.91 Å². The molecule has 1 aromatic heterocycles. The summed E-state index contributed by atoms with van der Waals surface area (Å²) in [7, 11) is 1.74. The number of benzene rings is 2. The standard InChI is InChI=1S/C19H17ClFIN4O2/c1-26-9-23-18-15(26)7-12(19(27)25-28-8-10-2-3-10)17(16(18)21)24-14-5-4-11(22)6-13(14)20/h4-7,9-10,24H,2-3,8H2,1H3,(H,25,27). The van der Waals surface area contributed by atoms with Crippen LogP contribution in [0.5, 0.6) is 0 Å². The predicted octanol–water partition coefficient (Wildman–Crippen LogP) is 4.79. The summed E-state index contributed by atoms with van der Waals surface area (Å²) in [5.41, 5.74) is 3.69. The SMILES string of the molecule is Cn1cnc2c(F)c(Nc3ccc(I)cc3Cl)c(C(=O)NOCC3CC3)cc21. The Balaban J connectivity index is 1.73. The lowest BCUT2D eigenvalue weighted by Crippen LogP contribution is -2.26. The van der Waals surface area contributed by atoms with E-state index in [9.17, 15) is 4.79 Å². The quantitative estimate of drug-likeness (QED) is 0.367. The molecule has 2 N–H and O–H groups in total. The fraction of sp³-hybridized carbons (Fsp3) is 0.263. The number of aromatic nitrogens is 2. The zero-order chi connectivity index (χ0) is 19.8. The summed E-state index contributed by atoms with van der Waals surface area (Å²) < 4.78 is 17.9. The Bertz CT molecular complexity index is 1070. The van der Waals surface area contributed by atoms with E-state index in [-0.39, 0.29) is 16.8 Å². The minimum absolute atomic E-state index is 0.00169. The molecule has 0 radical (unpaired) electrons. The van der Waals surface area contributed by atoms with Gasteiger partial charge in [0.2, 0.25) is 0 Å². The number of nitrogens with zero attached hydrogens (tertiary/aromatic N) is 2. The molecule has 3 aromatic rings. The first kappa shape index (κ1) is 19.4. The summed E-state index contributed by atoms with van der Waals surface area (Å²) in [6.45, 7) is 0.452. The fourth-order valence-electron chi connectivity index (χ4n) is 2.82. The highest BCUT2D eigenvalue weighted by Gasteiger charge is 2.24. The number of aryl methyl sites for hydroxylation is 1. The third-order valence-corrected chi connectivity index (χ3v) is 5.56. The number of rotatable bonds is 6. The summed E-state index contributed by atoms with van der Waals surface area (Å²) >= 11 is 8.41. The molecule has 28 heavy (non-hydrogen) atoms. The number of amides is 1. The zero-order valence-corrected chi connectivity index (χ0v) is 17.8.